The zero-order chi connectivity index (χ0) is 13.9. The lowest BCUT2D eigenvalue weighted by molar-refractivity contribution is -0.150. The molecule has 0 spiro atoms. The molecule has 1 rings (SSSR count). The van der Waals surface area contributed by atoms with E-state index in [4.69, 9.17) is 5.11 Å². The van der Waals surface area contributed by atoms with Crippen molar-refractivity contribution in [3.63, 3.8) is 0 Å². The third-order valence-electron chi connectivity index (χ3n) is 3.68. The standard InChI is InChI=1S/C13H23NO4/c1-8(2)14(4-5-15)12(16)10-6-9(3)7-11(10)13(17)18/h8-11,15H,4-7H2,1-3H3,(H,17,18). The first kappa shape index (κ1) is 15.0. The summed E-state index contributed by atoms with van der Waals surface area (Å²) >= 11 is 0. The van der Waals surface area contributed by atoms with Gasteiger partial charge in [0.1, 0.15) is 0 Å². The Morgan fingerprint density at radius 3 is 2.28 bits per heavy atom. The van der Waals surface area contributed by atoms with Crippen LogP contribution < -0.4 is 0 Å². The number of hydrogen-bond acceptors (Lipinski definition) is 3. The number of carbonyl (C=O) groups is 2. The summed E-state index contributed by atoms with van der Waals surface area (Å²) in [5.41, 5.74) is 0. The minimum Gasteiger partial charge on any atom is -0.481 e. The summed E-state index contributed by atoms with van der Waals surface area (Å²) < 4.78 is 0. The topological polar surface area (TPSA) is 77.8 Å². The molecule has 2 N–H and O–H groups in total. The average Bonchev–Trinajstić information content (AvgIpc) is 2.67. The van der Waals surface area contributed by atoms with Gasteiger partial charge >= 0.3 is 5.97 Å². The third-order valence-corrected chi connectivity index (χ3v) is 3.68. The second-order valence-electron chi connectivity index (χ2n) is 5.48. The van der Waals surface area contributed by atoms with E-state index in [0.717, 1.165) is 0 Å². The van der Waals surface area contributed by atoms with Crippen molar-refractivity contribution in [2.75, 3.05) is 13.2 Å². The van der Waals surface area contributed by atoms with Crippen molar-refractivity contribution in [3.8, 4) is 0 Å². The third kappa shape index (κ3) is 3.22. The van der Waals surface area contributed by atoms with Gasteiger partial charge in [0, 0.05) is 12.6 Å². The molecule has 1 amide bonds. The summed E-state index contributed by atoms with van der Waals surface area (Å²) in [5.74, 6) is -1.76. The Labute approximate surface area is 108 Å². The summed E-state index contributed by atoms with van der Waals surface area (Å²) in [6, 6.07) is -0.0185. The van der Waals surface area contributed by atoms with Crippen molar-refractivity contribution >= 4 is 11.9 Å². The molecule has 1 fully saturated rings. The SMILES string of the molecule is CC1CC(C(=O)O)C(C(=O)N(CCO)C(C)C)C1. The van der Waals surface area contributed by atoms with Gasteiger partial charge in [-0.3, -0.25) is 9.59 Å². The molecule has 0 heterocycles. The molecule has 18 heavy (non-hydrogen) atoms. The summed E-state index contributed by atoms with van der Waals surface area (Å²) in [4.78, 5) is 25.2. The summed E-state index contributed by atoms with van der Waals surface area (Å²) in [5, 5.41) is 18.2. The quantitative estimate of drug-likeness (QED) is 0.769. The van der Waals surface area contributed by atoms with Crippen LogP contribution in [0.25, 0.3) is 0 Å². The molecular formula is C13H23NO4. The van der Waals surface area contributed by atoms with Gasteiger partial charge in [-0.1, -0.05) is 6.92 Å². The number of carbonyl (C=O) groups excluding carboxylic acids is 1. The zero-order valence-corrected chi connectivity index (χ0v) is 11.3. The molecule has 0 aromatic heterocycles. The molecule has 0 aromatic rings. The predicted octanol–water partition coefficient (Wildman–Crippen LogP) is 0.963. The Hall–Kier alpha value is -1.10. The largest absolute Gasteiger partial charge is 0.481 e. The van der Waals surface area contributed by atoms with Gasteiger partial charge in [0.05, 0.1) is 18.4 Å². The molecule has 1 saturated carbocycles. The van der Waals surface area contributed by atoms with E-state index in [1.165, 1.54) is 0 Å². The highest BCUT2D eigenvalue weighted by Crippen LogP contribution is 2.37. The van der Waals surface area contributed by atoms with Gasteiger partial charge in [0.2, 0.25) is 5.91 Å². The maximum atomic E-state index is 12.4. The Morgan fingerprint density at radius 1 is 1.28 bits per heavy atom. The van der Waals surface area contributed by atoms with E-state index in [9.17, 15) is 14.7 Å². The molecule has 0 radical (unpaired) electrons. The molecule has 104 valence electrons. The van der Waals surface area contributed by atoms with E-state index in [-0.39, 0.29) is 31.0 Å². The highest BCUT2D eigenvalue weighted by molar-refractivity contribution is 5.85. The fraction of sp³-hybridized carbons (Fsp3) is 0.846. The molecular weight excluding hydrogens is 234 g/mol. The molecule has 3 unspecified atom stereocenters. The monoisotopic (exact) mass is 257 g/mol. The lowest BCUT2D eigenvalue weighted by atomic mass is 9.94. The first-order valence-electron chi connectivity index (χ1n) is 6.52. The van der Waals surface area contributed by atoms with E-state index < -0.39 is 17.8 Å². The molecule has 5 heteroatoms. The molecule has 1 aliphatic rings. The second kappa shape index (κ2) is 6.18. The van der Waals surface area contributed by atoms with Crippen LogP contribution in [0.15, 0.2) is 0 Å². The zero-order valence-electron chi connectivity index (χ0n) is 11.3. The maximum Gasteiger partial charge on any atom is 0.307 e. The molecule has 3 atom stereocenters. The highest BCUT2D eigenvalue weighted by atomic mass is 16.4. The minimum absolute atomic E-state index is 0.0185. The maximum absolute atomic E-state index is 12.4. The molecule has 0 aliphatic heterocycles. The van der Waals surface area contributed by atoms with Crippen molar-refractivity contribution in [1.29, 1.82) is 0 Å². The van der Waals surface area contributed by atoms with E-state index >= 15 is 0 Å². The van der Waals surface area contributed by atoms with Crippen LogP contribution in [-0.4, -0.2) is 46.2 Å². The normalized spacial score (nSPS) is 27.5. The fourth-order valence-corrected chi connectivity index (χ4v) is 2.78. The van der Waals surface area contributed by atoms with E-state index in [1.54, 1.807) is 4.90 Å². The van der Waals surface area contributed by atoms with Crippen molar-refractivity contribution in [1.82, 2.24) is 4.90 Å². The van der Waals surface area contributed by atoms with Gasteiger partial charge in [-0.15, -0.1) is 0 Å². The number of aliphatic carboxylic acids is 1. The Balaban J connectivity index is 2.83. The van der Waals surface area contributed by atoms with E-state index in [0.29, 0.717) is 12.8 Å². The van der Waals surface area contributed by atoms with Crippen LogP contribution in [0, 0.1) is 17.8 Å². The van der Waals surface area contributed by atoms with Crippen molar-refractivity contribution < 1.29 is 19.8 Å². The molecule has 0 bridgehead atoms. The average molecular weight is 257 g/mol. The first-order chi connectivity index (χ1) is 8.38. The number of aliphatic hydroxyl groups excluding tert-OH is 1. The second-order valence-corrected chi connectivity index (χ2v) is 5.48. The van der Waals surface area contributed by atoms with Gasteiger partial charge in [-0.25, -0.2) is 0 Å². The molecule has 5 nitrogen and oxygen atoms in total. The lowest BCUT2D eigenvalue weighted by Crippen LogP contribution is -2.44. The number of aliphatic hydroxyl groups is 1. The number of carboxylic acids is 1. The Kier molecular flexibility index (Phi) is 5.14. The molecule has 0 aromatic carbocycles. The van der Waals surface area contributed by atoms with Crippen LogP contribution >= 0.6 is 0 Å². The van der Waals surface area contributed by atoms with Crippen molar-refractivity contribution in [3.05, 3.63) is 0 Å². The highest BCUT2D eigenvalue weighted by Gasteiger charge is 2.43. The van der Waals surface area contributed by atoms with Crippen LogP contribution in [0.5, 0.6) is 0 Å². The van der Waals surface area contributed by atoms with E-state index in [1.807, 2.05) is 20.8 Å². The van der Waals surface area contributed by atoms with Crippen LogP contribution in [0.3, 0.4) is 0 Å². The van der Waals surface area contributed by atoms with E-state index in [2.05, 4.69) is 0 Å². The van der Waals surface area contributed by atoms with Crippen LogP contribution in [0.1, 0.15) is 33.6 Å². The van der Waals surface area contributed by atoms with Crippen LogP contribution in [0.2, 0.25) is 0 Å². The van der Waals surface area contributed by atoms with Crippen LogP contribution in [0.4, 0.5) is 0 Å². The van der Waals surface area contributed by atoms with Crippen LogP contribution in [-0.2, 0) is 9.59 Å². The predicted molar refractivity (Wildman–Crippen MR) is 66.9 cm³/mol. The summed E-state index contributed by atoms with van der Waals surface area (Å²) in [7, 11) is 0. The lowest BCUT2D eigenvalue weighted by Gasteiger charge is -2.30. The number of rotatable bonds is 5. The van der Waals surface area contributed by atoms with Crippen molar-refractivity contribution in [2.24, 2.45) is 17.8 Å². The molecule has 1 aliphatic carbocycles. The molecule has 0 saturated heterocycles. The van der Waals surface area contributed by atoms with Crippen molar-refractivity contribution in [2.45, 2.75) is 39.7 Å². The van der Waals surface area contributed by atoms with Gasteiger partial charge in [-0.05, 0) is 32.6 Å². The number of carboxylic acid groups (broad SMARTS) is 1. The first-order valence-corrected chi connectivity index (χ1v) is 6.52. The number of amides is 1. The number of hydrogen-bond donors (Lipinski definition) is 2. The summed E-state index contributed by atoms with van der Waals surface area (Å²) in [6.45, 7) is 5.91. The smallest absolute Gasteiger partial charge is 0.307 e. The van der Waals surface area contributed by atoms with Gasteiger partial charge in [-0.2, -0.15) is 0 Å². The van der Waals surface area contributed by atoms with Gasteiger partial charge in [0.25, 0.3) is 0 Å². The number of nitrogens with zero attached hydrogens (tertiary/aromatic N) is 1. The van der Waals surface area contributed by atoms with Gasteiger partial charge in [0.15, 0.2) is 0 Å². The Bertz CT molecular complexity index is 316. The fourth-order valence-electron chi connectivity index (χ4n) is 2.78. The summed E-state index contributed by atoms with van der Waals surface area (Å²) in [6.07, 6.45) is 1.20. The minimum atomic E-state index is -0.884. The van der Waals surface area contributed by atoms with Gasteiger partial charge < -0.3 is 15.1 Å². The Morgan fingerprint density at radius 2 is 1.83 bits per heavy atom.